The Morgan fingerprint density at radius 2 is 2.40 bits per heavy atom. The first-order valence-electron chi connectivity index (χ1n) is 6.10. The number of rotatable bonds is 3. The zero-order chi connectivity index (χ0) is 14.4. The van der Waals surface area contributed by atoms with Crippen LogP contribution in [0.2, 0.25) is 0 Å². The van der Waals surface area contributed by atoms with Crippen LogP contribution >= 0.6 is 11.3 Å². The van der Waals surface area contributed by atoms with Crippen LogP contribution in [0.1, 0.15) is 13.3 Å². The molecule has 9 heteroatoms. The van der Waals surface area contributed by atoms with Crippen molar-refractivity contribution in [2.75, 3.05) is 11.4 Å². The molecule has 0 aliphatic carbocycles. The van der Waals surface area contributed by atoms with Crippen LogP contribution < -0.4 is 4.90 Å². The average Bonchev–Trinajstić information content (AvgIpc) is 2.99. The van der Waals surface area contributed by atoms with Crippen molar-refractivity contribution in [2.24, 2.45) is 5.92 Å². The highest BCUT2D eigenvalue weighted by molar-refractivity contribution is 7.15. The number of fused-ring (bicyclic) bond motifs is 1. The monoisotopic (exact) mass is 296 g/mol. The first-order chi connectivity index (χ1) is 9.50. The number of thiazole rings is 1. The molecule has 2 atom stereocenters. The molecule has 3 heterocycles. The number of hydrogen-bond acceptors (Lipinski definition) is 6. The maximum absolute atomic E-state index is 11.3. The highest BCUT2D eigenvalue weighted by Crippen LogP contribution is 2.36. The van der Waals surface area contributed by atoms with Gasteiger partial charge in [0.15, 0.2) is 0 Å². The molecule has 8 nitrogen and oxygen atoms in total. The fourth-order valence-electron chi connectivity index (χ4n) is 2.69. The number of carboxylic acid groups (broad SMARTS) is 1. The third kappa shape index (κ3) is 1.73. The molecule has 1 aliphatic rings. The lowest BCUT2D eigenvalue weighted by Crippen LogP contribution is -2.33. The van der Waals surface area contributed by atoms with E-state index in [0.717, 1.165) is 0 Å². The van der Waals surface area contributed by atoms with Crippen LogP contribution in [0.15, 0.2) is 11.6 Å². The first kappa shape index (κ1) is 12.9. The summed E-state index contributed by atoms with van der Waals surface area (Å²) in [5, 5.41) is 22.2. The molecule has 106 valence electrons. The SMILES string of the molecule is CC1C(C(=O)O)CCN1c1nc2sccn2c1[N+](=O)[O-]. The third-order valence-electron chi connectivity index (χ3n) is 3.74. The minimum absolute atomic E-state index is 0.0980. The molecule has 1 saturated heterocycles. The summed E-state index contributed by atoms with van der Waals surface area (Å²) in [6.07, 6.45) is 2.07. The average molecular weight is 296 g/mol. The Kier molecular flexibility index (Phi) is 2.85. The van der Waals surface area contributed by atoms with E-state index in [2.05, 4.69) is 4.98 Å². The van der Waals surface area contributed by atoms with Gasteiger partial charge in [-0.25, -0.2) is 0 Å². The van der Waals surface area contributed by atoms with E-state index >= 15 is 0 Å². The van der Waals surface area contributed by atoms with E-state index in [4.69, 9.17) is 5.11 Å². The predicted octanol–water partition coefficient (Wildman–Crippen LogP) is 1.60. The largest absolute Gasteiger partial charge is 0.481 e. The van der Waals surface area contributed by atoms with Crippen molar-refractivity contribution >= 4 is 33.9 Å². The molecule has 20 heavy (non-hydrogen) atoms. The van der Waals surface area contributed by atoms with Crippen LogP contribution in [0.3, 0.4) is 0 Å². The van der Waals surface area contributed by atoms with Crippen LogP contribution in [0.4, 0.5) is 11.6 Å². The van der Waals surface area contributed by atoms with Gasteiger partial charge < -0.3 is 20.1 Å². The lowest BCUT2D eigenvalue weighted by Gasteiger charge is -2.22. The van der Waals surface area contributed by atoms with E-state index in [1.807, 2.05) is 0 Å². The van der Waals surface area contributed by atoms with Gasteiger partial charge in [0.05, 0.1) is 5.92 Å². The van der Waals surface area contributed by atoms with Gasteiger partial charge in [0, 0.05) is 18.0 Å². The number of aromatic nitrogens is 2. The zero-order valence-corrected chi connectivity index (χ0v) is 11.4. The molecule has 2 unspecified atom stereocenters. The molecule has 0 radical (unpaired) electrons. The second-order valence-electron chi connectivity index (χ2n) is 4.74. The fourth-order valence-corrected chi connectivity index (χ4v) is 3.40. The number of nitro groups is 1. The molecule has 1 fully saturated rings. The standard InChI is InChI=1S/C11H12N4O4S/c1-6-7(10(16)17)2-3-13(6)8-9(15(18)19)14-4-5-20-11(14)12-8/h4-7H,2-3H2,1H3,(H,16,17). The van der Waals surface area contributed by atoms with Gasteiger partial charge in [-0.15, -0.1) is 0 Å². The Hall–Kier alpha value is -2.16. The molecule has 0 spiro atoms. The summed E-state index contributed by atoms with van der Waals surface area (Å²) in [6.45, 7) is 2.23. The van der Waals surface area contributed by atoms with E-state index in [1.165, 1.54) is 15.7 Å². The summed E-state index contributed by atoms with van der Waals surface area (Å²) in [4.78, 5) is 28.5. The molecule has 0 amide bonds. The van der Waals surface area contributed by atoms with Crippen LogP contribution in [0.25, 0.3) is 4.96 Å². The molecule has 0 saturated carbocycles. The Labute approximate surface area is 117 Å². The van der Waals surface area contributed by atoms with E-state index < -0.39 is 16.8 Å². The van der Waals surface area contributed by atoms with Crippen LogP contribution in [-0.4, -0.2) is 38.0 Å². The van der Waals surface area contributed by atoms with E-state index in [9.17, 15) is 14.9 Å². The van der Waals surface area contributed by atoms with Crippen molar-refractivity contribution in [3.63, 3.8) is 0 Å². The number of aliphatic carboxylic acids is 1. The maximum atomic E-state index is 11.3. The summed E-state index contributed by atoms with van der Waals surface area (Å²) in [6, 6.07) is -0.309. The molecule has 1 aliphatic heterocycles. The summed E-state index contributed by atoms with van der Waals surface area (Å²) >= 11 is 1.31. The van der Waals surface area contributed by atoms with Crippen molar-refractivity contribution in [3.8, 4) is 0 Å². The van der Waals surface area contributed by atoms with Gasteiger partial charge in [0.1, 0.15) is 6.20 Å². The minimum Gasteiger partial charge on any atom is -0.481 e. The van der Waals surface area contributed by atoms with Crippen molar-refractivity contribution in [2.45, 2.75) is 19.4 Å². The van der Waals surface area contributed by atoms with E-state index in [0.29, 0.717) is 17.9 Å². The van der Waals surface area contributed by atoms with Crippen LogP contribution in [0, 0.1) is 16.0 Å². The number of anilines is 1. The van der Waals surface area contributed by atoms with Crippen molar-refractivity contribution in [1.29, 1.82) is 0 Å². The Morgan fingerprint density at radius 1 is 1.65 bits per heavy atom. The zero-order valence-electron chi connectivity index (χ0n) is 10.6. The van der Waals surface area contributed by atoms with Gasteiger partial charge in [0.25, 0.3) is 4.96 Å². The Bertz CT molecular complexity index is 694. The van der Waals surface area contributed by atoms with E-state index in [-0.39, 0.29) is 17.7 Å². The molecule has 0 bridgehead atoms. The quantitative estimate of drug-likeness (QED) is 0.682. The molecule has 2 aromatic heterocycles. The van der Waals surface area contributed by atoms with Gasteiger partial charge in [-0.2, -0.15) is 9.38 Å². The third-order valence-corrected chi connectivity index (χ3v) is 4.49. The summed E-state index contributed by atoms with van der Waals surface area (Å²) < 4.78 is 1.43. The first-order valence-corrected chi connectivity index (χ1v) is 6.98. The van der Waals surface area contributed by atoms with Gasteiger partial charge in [0.2, 0.25) is 5.82 Å². The molecular formula is C11H12N4O4S. The number of carbonyl (C=O) groups is 1. The summed E-state index contributed by atoms with van der Waals surface area (Å²) in [7, 11) is 0. The van der Waals surface area contributed by atoms with Crippen molar-refractivity contribution < 1.29 is 14.8 Å². The normalized spacial score (nSPS) is 22.6. The Balaban J connectivity index is 2.06. The smallest absolute Gasteiger partial charge is 0.373 e. The fraction of sp³-hybridized carbons (Fsp3) is 0.455. The molecule has 3 rings (SSSR count). The minimum atomic E-state index is -0.872. The predicted molar refractivity (Wildman–Crippen MR) is 72.3 cm³/mol. The highest BCUT2D eigenvalue weighted by atomic mass is 32.1. The van der Waals surface area contributed by atoms with Crippen LogP contribution in [0.5, 0.6) is 0 Å². The number of nitrogens with zero attached hydrogens (tertiary/aromatic N) is 4. The van der Waals surface area contributed by atoms with Gasteiger partial charge >= 0.3 is 11.8 Å². The lowest BCUT2D eigenvalue weighted by atomic mass is 10.0. The summed E-state index contributed by atoms with van der Waals surface area (Å²) in [5.41, 5.74) is 0. The second-order valence-corrected chi connectivity index (χ2v) is 5.61. The molecule has 1 N–H and O–H groups in total. The topological polar surface area (TPSA) is 101 Å². The maximum Gasteiger partial charge on any atom is 0.373 e. The second kappa shape index (κ2) is 4.44. The van der Waals surface area contributed by atoms with Crippen molar-refractivity contribution in [3.05, 3.63) is 21.7 Å². The van der Waals surface area contributed by atoms with Crippen LogP contribution in [-0.2, 0) is 4.79 Å². The lowest BCUT2D eigenvalue weighted by molar-refractivity contribution is -0.389. The number of imidazole rings is 1. The van der Waals surface area contributed by atoms with E-state index in [1.54, 1.807) is 23.4 Å². The number of carboxylic acids is 1. The molecule has 0 aromatic carbocycles. The Morgan fingerprint density at radius 3 is 3.00 bits per heavy atom. The highest BCUT2D eigenvalue weighted by Gasteiger charge is 2.40. The number of hydrogen-bond donors (Lipinski definition) is 1. The van der Waals surface area contributed by atoms with Gasteiger partial charge in [-0.05, 0) is 18.3 Å². The molecular weight excluding hydrogens is 284 g/mol. The van der Waals surface area contributed by atoms with Gasteiger partial charge in [-0.1, -0.05) is 11.3 Å². The molecule has 2 aromatic rings. The summed E-state index contributed by atoms with van der Waals surface area (Å²) in [5.74, 6) is -1.23. The van der Waals surface area contributed by atoms with Gasteiger partial charge in [-0.3, -0.25) is 4.79 Å². The van der Waals surface area contributed by atoms with Crippen molar-refractivity contribution in [1.82, 2.24) is 9.38 Å².